The van der Waals surface area contributed by atoms with Gasteiger partial charge >= 0.3 is 0 Å². The van der Waals surface area contributed by atoms with Gasteiger partial charge in [-0.2, -0.15) is 5.21 Å². The summed E-state index contributed by atoms with van der Waals surface area (Å²) in [7, 11) is 0. The molecule has 1 aromatic carbocycles. The smallest absolute Gasteiger partial charge is 0.287 e. The molecule has 0 aliphatic rings. The highest BCUT2D eigenvalue weighted by atomic mass is 79.9. The number of fused-ring (bicyclic) bond motifs is 1. The Labute approximate surface area is 121 Å². The zero-order valence-electron chi connectivity index (χ0n) is 10.4. The summed E-state index contributed by atoms with van der Waals surface area (Å²) in [6.45, 7) is 1.77. The van der Waals surface area contributed by atoms with Gasteiger partial charge in [-0.25, -0.2) is 0 Å². The molecule has 8 heteroatoms. The molecular formula is C12H10BrN5O2. The van der Waals surface area contributed by atoms with E-state index in [4.69, 9.17) is 4.42 Å². The van der Waals surface area contributed by atoms with E-state index in [9.17, 15) is 4.79 Å². The Morgan fingerprint density at radius 3 is 3.05 bits per heavy atom. The predicted octanol–water partition coefficient (Wildman–Crippen LogP) is 2.20. The molecule has 1 atom stereocenters. The van der Waals surface area contributed by atoms with E-state index in [1.807, 2.05) is 18.2 Å². The highest BCUT2D eigenvalue weighted by molar-refractivity contribution is 9.10. The number of amides is 1. The van der Waals surface area contributed by atoms with Crippen LogP contribution in [0.2, 0.25) is 0 Å². The molecule has 0 spiro atoms. The highest BCUT2D eigenvalue weighted by Crippen LogP contribution is 2.27. The normalized spacial score (nSPS) is 12.5. The fourth-order valence-electron chi connectivity index (χ4n) is 1.82. The topological polar surface area (TPSA) is 96.7 Å². The number of carbonyl (C=O) groups is 1. The van der Waals surface area contributed by atoms with E-state index in [1.54, 1.807) is 13.0 Å². The number of halogens is 1. The fraction of sp³-hybridized carbons (Fsp3) is 0.167. The number of nitrogens with one attached hydrogen (secondary N) is 2. The first-order valence-electron chi connectivity index (χ1n) is 5.87. The molecule has 0 bridgehead atoms. The van der Waals surface area contributed by atoms with Crippen LogP contribution in [0.1, 0.15) is 29.3 Å². The summed E-state index contributed by atoms with van der Waals surface area (Å²) in [5.74, 6) is 0.322. The van der Waals surface area contributed by atoms with Crippen molar-refractivity contribution in [3.8, 4) is 0 Å². The third-order valence-corrected chi connectivity index (χ3v) is 3.44. The quantitative estimate of drug-likeness (QED) is 0.764. The summed E-state index contributed by atoms with van der Waals surface area (Å²) in [6.07, 6.45) is 0. The monoisotopic (exact) mass is 335 g/mol. The standard InChI is InChI=1S/C12H10BrN5O2/c1-6(11-15-17-18-16-11)14-12(19)9-5-7-3-2-4-8(13)10(7)20-9/h2-6H,1H3,(H,14,19)(H,15,16,17,18). The van der Waals surface area contributed by atoms with E-state index in [2.05, 4.69) is 41.9 Å². The van der Waals surface area contributed by atoms with Crippen LogP contribution in [0.4, 0.5) is 0 Å². The summed E-state index contributed by atoms with van der Waals surface area (Å²) in [5.41, 5.74) is 0.643. The van der Waals surface area contributed by atoms with Gasteiger partial charge in [-0.1, -0.05) is 17.3 Å². The maximum Gasteiger partial charge on any atom is 0.287 e. The van der Waals surface area contributed by atoms with Crippen molar-refractivity contribution in [1.29, 1.82) is 0 Å². The lowest BCUT2D eigenvalue weighted by Gasteiger charge is -2.07. The summed E-state index contributed by atoms with van der Waals surface area (Å²) in [4.78, 5) is 12.1. The molecule has 3 rings (SSSR count). The van der Waals surface area contributed by atoms with Crippen LogP contribution in [-0.4, -0.2) is 26.5 Å². The molecule has 0 radical (unpaired) electrons. The van der Waals surface area contributed by atoms with Crippen molar-refractivity contribution in [2.45, 2.75) is 13.0 Å². The third-order valence-electron chi connectivity index (χ3n) is 2.82. The van der Waals surface area contributed by atoms with Gasteiger partial charge in [-0.05, 0) is 35.0 Å². The van der Waals surface area contributed by atoms with E-state index in [1.165, 1.54) is 0 Å². The van der Waals surface area contributed by atoms with Crippen LogP contribution >= 0.6 is 15.9 Å². The summed E-state index contributed by atoms with van der Waals surface area (Å²) < 4.78 is 6.36. The number of rotatable bonds is 3. The van der Waals surface area contributed by atoms with Gasteiger partial charge in [0, 0.05) is 5.39 Å². The number of benzene rings is 1. The number of hydrogen-bond donors (Lipinski definition) is 2. The van der Waals surface area contributed by atoms with Gasteiger partial charge in [0.1, 0.15) is 5.58 Å². The maximum atomic E-state index is 12.1. The molecule has 3 aromatic rings. The Morgan fingerprint density at radius 1 is 1.50 bits per heavy atom. The summed E-state index contributed by atoms with van der Waals surface area (Å²) in [5, 5.41) is 17.0. The zero-order chi connectivity index (χ0) is 14.1. The number of H-pyrrole nitrogens is 1. The van der Waals surface area contributed by atoms with Crippen molar-refractivity contribution in [3.05, 3.63) is 40.3 Å². The first-order chi connectivity index (χ1) is 9.65. The SMILES string of the molecule is CC(NC(=O)c1cc2cccc(Br)c2o1)c1nn[nH]n1. The minimum atomic E-state index is -0.363. The van der Waals surface area contributed by atoms with E-state index in [-0.39, 0.29) is 17.7 Å². The Morgan fingerprint density at radius 2 is 2.35 bits per heavy atom. The number of carbonyl (C=O) groups excluding carboxylic acids is 1. The Kier molecular flexibility index (Phi) is 3.23. The summed E-state index contributed by atoms with van der Waals surface area (Å²) in [6, 6.07) is 6.94. The summed E-state index contributed by atoms with van der Waals surface area (Å²) >= 11 is 3.38. The second kappa shape index (κ2) is 5.04. The Hall–Kier alpha value is -2.22. The molecule has 0 saturated heterocycles. The van der Waals surface area contributed by atoms with Crippen molar-refractivity contribution in [1.82, 2.24) is 25.9 Å². The molecule has 2 heterocycles. The van der Waals surface area contributed by atoms with Crippen LogP contribution < -0.4 is 5.32 Å². The zero-order valence-corrected chi connectivity index (χ0v) is 12.0. The van der Waals surface area contributed by atoms with Crippen molar-refractivity contribution in [2.75, 3.05) is 0 Å². The van der Waals surface area contributed by atoms with Gasteiger partial charge in [-0.15, -0.1) is 10.2 Å². The second-order valence-electron chi connectivity index (χ2n) is 4.23. The van der Waals surface area contributed by atoms with E-state index in [0.717, 1.165) is 9.86 Å². The lowest BCUT2D eigenvalue weighted by molar-refractivity contribution is 0.0912. The van der Waals surface area contributed by atoms with Crippen LogP contribution in [-0.2, 0) is 0 Å². The van der Waals surface area contributed by atoms with Crippen LogP contribution in [0.25, 0.3) is 11.0 Å². The molecular weight excluding hydrogens is 326 g/mol. The Balaban J connectivity index is 1.84. The minimum Gasteiger partial charge on any atom is -0.450 e. The number of para-hydroxylation sites is 1. The number of tetrazole rings is 1. The highest BCUT2D eigenvalue weighted by Gasteiger charge is 2.18. The third kappa shape index (κ3) is 2.29. The predicted molar refractivity (Wildman–Crippen MR) is 74.0 cm³/mol. The number of furan rings is 1. The van der Waals surface area contributed by atoms with Gasteiger partial charge in [0.15, 0.2) is 11.6 Å². The first kappa shape index (κ1) is 12.8. The van der Waals surface area contributed by atoms with Crippen LogP contribution in [0, 0.1) is 0 Å². The molecule has 0 saturated carbocycles. The average molecular weight is 336 g/mol. The molecule has 2 aromatic heterocycles. The van der Waals surface area contributed by atoms with Gasteiger partial charge < -0.3 is 9.73 Å². The second-order valence-corrected chi connectivity index (χ2v) is 5.09. The fourth-order valence-corrected chi connectivity index (χ4v) is 2.29. The van der Waals surface area contributed by atoms with Crippen LogP contribution in [0.15, 0.2) is 33.2 Å². The van der Waals surface area contributed by atoms with E-state index >= 15 is 0 Å². The van der Waals surface area contributed by atoms with E-state index < -0.39 is 0 Å². The lowest BCUT2D eigenvalue weighted by Crippen LogP contribution is -2.27. The van der Waals surface area contributed by atoms with E-state index in [0.29, 0.717) is 11.4 Å². The first-order valence-corrected chi connectivity index (χ1v) is 6.66. The molecule has 2 N–H and O–H groups in total. The molecule has 7 nitrogen and oxygen atoms in total. The number of aromatic nitrogens is 4. The van der Waals surface area contributed by atoms with Crippen molar-refractivity contribution >= 4 is 32.8 Å². The van der Waals surface area contributed by atoms with Crippen LogP contribution in [0.3, 0.4) is 0 Å². The molecule has 1 amide bonds. The molecule has 102 valence electrons. The van der Waals surface area contributed by atoms with Crippen molar-refractivity contribution in [2.24, 2.45) is 0 Å². The molecule has 0 aliphatic carbocycles. The number of hydrogen-bond acceptors (Lipinski definition) is 5. The van der Waals surface area contributed by atoms with Crippen molar-refractivity contribution < 1.29 is 9.21 Å². The number of aromatic amines is 1. The van der Waals surface area contributed by atoms with Gasteiger partial charge in [0.05, 0.1) is 10.5 Å². The number of nitrogens with zero attached hydrogens (tertiary/aromatic N) is 3. The molecule has 0 aliphatic heterocycles. The van der Waals surface area contributed by atoms with Gasteiger partial charge in [-0.3, -0.25) is 4.79 Å². The largest absolute Gasteiger partial charge is 0.450 e. The van der Waals surface area contributed by atoms with Crippen LogP contribution in [0.5, 0.6) is 0 Å². The van der Waals surface area contributed by atoms with Crippen molar-refractivity contribution in [3.63, 3.8) is 0 Å². The minimum absolute atomic E-state index is 0.238. The Bertz CT molecular complexity index is 752. The molecule has 20 heavy (non-hydrogen) atoms. The lowest BCUT2D eigenvalue weighted by atomic mass is 10.2. The average Bonchev–Trinajstić information content (AvgIpc) is 3.08. The van der Waals surface area contributed by atoms with Gasteiger partial charge in [0.2, 0.25) is 0 Å². The molecule has 1 unspecified atom stereocenters. The molecule has 0 fully saturated rings. The maximum absolute atomic E-state index is 12.1. The van der Waals surface area contributed by atoms with Gasteiger partial charge in [0.25, 0.3) is 5.91 Å².